The lowest BCUT2D eigenvalue weighted by molar-refractivity contribution is -0.116. The van der Waals surface area contributed by atoms with Crippen LogP contribution in [0.3, 0.4) is 0 Å². The molecule has 1 saturated heterocycles. The fraction of sp³-hybridized carbons (Fsp3) is 0.409. The summed E-state index contributed by atoms with van der Waals surface area (Å²) in [4.78, 5) is 17.2. The molecule has 0 atom stereocenters. The van der Waals surface area contributed by atoms with Crippen LogP contribution in [0.15, 0.2) is 52.3 Å². The molecule has 1 amide bonds. The van der Waals surface area contributed by atoms with Gasteiger partial charge in [0.25, 0.3) is 0 Å². The van der Waals surface area contributed by atoms with Crippen LogP contribution in [0.2, 0.25) is 0 Å². The van der Waals surface area contributed by atoms with Crippen molar-refractivity contribution in [2.75, 3.05) is 55.4 Å². The molecular weight excluding hydrogens is 434 g/mol. The summed E-state index contributed by atoms with van der Waals surface area (Å²) in [5.41, 5.74) is 1.75. The van der Waals surface area contributed by atoms with Crippen LogP contribution < -0.4 is 14.5 Å². The highest BCUT2D eigenvalue weighted by Gasteiger charge is 2.30. The average molecular weight is 462 g/mol. The minimum Gasteiger partial charge on any atom is -0.497 e. The molecule has 9 heteroatoms. The van der Waals surface area contributed by atoms with Crippen molar-refractivity contribution in [3.63, 3.8) is 0 Å². The SMILES string of the molecule is COc1ccc(N2CCN(S(=O)(=O)c3ccc4c(c3)N(C(C)=O)CCCS4)CC2)cc1. The van der Waals surface area contributed by atoms with Gasteiger partial charge < -0.3 is 14.5 Å². The number of sulfonamides is 1. The molecule has 0 aliphatic carbocycles. The molecule has 31 heavy (non-hydrogen) atoms. The molecule has 0 saturated carbocycles. The highest BCUT2D eigenvalue weighted by Crippen LogP contribution is 2.36. The zero-order valence-electron chi connectivity index (χ0n) is 17.8. The molecule has 1 fully saturated rings. The Labute approximate surface area is 188 Å². The summed E-state index contributed by atoms with van der Waals surface area (Å²) >= 11 is 1.67. The molecule has 0 unspecified atom stereocenters. The Morgan fingerprint density at radius 2 is 1.71 bits per heavy atom. The number of anilines is 2. The Bertz CT molecular complexity index is 1050. The predicted molar refractivity (Wildman–Crippen MR) is 124 cm³/mol. The van der Waals surface area contributed by atoms with E-state index in [-0.39, 0.29) is 10.8 Å². The lowest BCUT2D eigenvalue weighted by Gasteiger charge is -2.35. The molecule has 0 bridgehead atoms. The van der Waals surface area contributed by atoms with Crippen LogP contribution in [0.5, 0.6) is 5.75 Å². The van der Waals surface area contributed by atoms with Crippen molar-refractivity contribution in [1.29, 1.82) is 0 Å². The number of thioether (sulfide) groups is 1. The first-order valence-electron chi connectivity index (χ1n) is 10.3. The van der Waals surface area contributed by atoms with E-state index in [4.69, 9.17) is 4.74 Å². The second-order valence-corrected chi connectivity index (χ2v) is 10.7. The fourth-order valence-corrected chi connectivity index (χ4v) is 6.39. The van der Waals surface area contributed by atoms with Gasteiger partial charge in [-0.05, 0) is 54.6 Å². The largest absolute Gasteiger partial charge is 0.497 e. The third-order valence-corrected chi connectivity index (χ3v) is 8.74. The molecule has 2 heterocycles. The molecule has 166 valence electrons. The van der Waals surface area contributed by atoms with E-state index >= 15 is 0 Å². The first kappa shape index (κ1) is 22.0. The molecule has 0 radical (unpaired) electrons. The maximum absolute atomic E-state index is 13.3. The highest BCUT2D eigenvalue weighted by molar-refractivity contribution is 7.99. The average Bonchev–Trinajstić information content (AvgIpc) is 3.01. The molecule has 2 aliphatic rings. The number of amides is 1. The van der Waals surface area contributed by atoms with Gasteiger partial charge in [-0.3, -0.25) is 4.79 Å². The number of fused-ring (bicyclic) bond motifs is 1. The zero-order chi connectivity index (χ0) is 22.0. The number of methoxy groups -OCH3 is 1. The van der Waals surface area contributed by atoms with E-state index in [0.717, 1.165) is 28.5 Å². The second-order valence-electron chi connectivity index (χ2n) is 7.59. The van der Waals surface area contributed by atoms with Crippen LogP contribution in [-0.2, 0) is 14.8 Å². The van der Waals surface area contributed by atoms with Gasteiger partial charge in [0, 0.05) is 50.2 Å². The number of benzene rings is 2. The predicted octanol–water partition coefficient (Wildman–Crippen LogP) is 3.05. The smallest absolute Gasteiger partial charge is 0.243 e. The topological polar surface area (TPSA) is 70.2 Å². The first-order chi connectivity index (χ1) is 14.9. The number of rotatable bonds is 4. The van der Waals surface area contributed by atoms with Gasteiger partial charge in [0.1, 0.15) is 5.75 Å². The van der Waals surface area contributed by atoms with Crippen molar-refractivity contribution in [2.24, 2.45) is 0 Å². The third kappa shape index (κ3) is 4.53. The van der Waals surface area contributed by atoms with Crippen molar-refractivity contribution in [3.05, 3.63) is 42.5 Å². The standard InChI is InChI=1S/C22H27N3O4S2/c1-17(26)25-10-3-15-30-22-9-8-20(16-21(22)25)31(27,28)24-13-11-23(12-14-24)18-4-6-19(29-2)7-5-18/h4-9,16H,3,10-15H2,1-2H3. The Morgan fingerprint density at radius 3 is 2.35 bits per heavy atom. The Balaban J connectivity index is 1.52. The molecule has 2 aromatic rings. The Morgan fingerprint density at radius 1 is 1.00 bits per heavy atom. The summed E-state index contributed by atoms with van der Waals surface area (Å²) in [5.74, 6) is 1.65. The molecule has 7 nitrogen and oxygen atoms in total. The minimum atomic E-state index is -3.63. The molecule has 0 aromatic heterocycles. The van der Waals surface area contributed by atoms with Crippen molar-refractivity contribution in [2.45, 2.75) is 23.1 Å². The van der Waals surface area contributed by atoms with Crippen LogP contribution in [0.1, 0.15) is 13.3 Å². The van der Waals surface area contributed by atoms with Gasteiger partial charge in [0.15, 0.2) is 0 Å². The van der Waals surface area contributed by atoms with E-state index in [1.807, 2.05) is 30.3 Å². The Kier molecular flexibility index (Phi) is 6.45. The van der Waals surface area contributed by atoms with Crippen LogP contribution in [-0.4, -0.2) is 64.2 Å². The Hall–Kier alpha value is -2.23. The highest BCUT2D eigenvalue weighted by atomic mass is 32.2. The van der Waals surface area contributed by atoms with E-state index in [9.17, 15) is 13.2 Å². The molecular formula is C22H27N3O4S2. The van der Waals surface area contributed by atoms with Crippen molar-refractivity contribution in [1.82, 2.24) is 4.31 Å². The van der Waals surface area contributed by atoms with Gasteiger partial charge in [-0.2, -0.15) is 4.31 Å². The molecule has 2 aromatic carbocycles. The monoisotopic (exact) mass is 461 g/mol. The van der Waals surface area contributed by atoms with E-state index in [0.29, 0.717) is 38.4 Å². The van der Waals surface area contributed by atoms with Crippen molar-refractivity contribution < 1.29 is 17.9 Å². The summed E-state index contributed by atoms with van der Waals surface area (Å²) in [5, 5.41) is 0. The van der Waals surface area contributed by atoms with Gasteiger partial charge in [0.05, 0.1) is 17.7 Å². The molecule has 0 spiro atoms. The maximum atomic E-state index is 13.3. The van der Waals surface area contributed by atoms with Crippen LogP contribution in [0.25, 0.3) is 0 Å². The number of nitrogens with zero attached hydrogens (tertiary/aromatic N) is 3. The van der Waals surface area contributed by atoms with E-state index in [2.05, 4.69) is 4.90 Å². The van der Waals surface area contributed by atoms with Crippen molar-refractivity contribution in [3.8, 4) is 5.75 Å². The van der Waals surface area contributed by atoms with Gasteiger partial charge in [-0.25, -0.2) is 8.42 Å². The zero-order valence-corrected chi connectivity index (χ0v) is 19.4. The summed E-state index contributed by atoms with van der Waals surface area (Å²) in [6.07, 6.45) is 0.883. The normalized spacial score (nSPS) is 17.7. The fourth-order valence-electron chi connectivity index (χ4n) is 3.97. The second kappa shape index (κ2) is 9.10. The quantitative estimate of drug-likeness (QED) is 0.697. The van der Waals surface area contributed by atoms with Gasteiger partial charge in [0.2, 0.25) is 15.9 Å². The minimum absolute atomic E-state index is 0.0635. The first-order valence-corrected chi connectivity index (χ1v) is 12.8. The number of hydrogen-bond donors (Lipinski definition) is 0. The summed E-state index contributed by atoms with van der Waals surface area (Å²) in [6.45, 7) is 4.20. The van der Waals surface area contributed by atoms with E-state index in [1.54, 1.807) is 35.9 Å². The number of carbonyl (C=O) groups excluding carboxylic acids is 1. The molecule has 2 aliphatic heterocycles. The van der Waals surface area contributed by atoms with Gasteiger partial charge in [-0.1, -0.05) is 0 Å². The molecule has 0 N–H and O–H groups in total. The number of hydrogen-bond acceptors (Lipinski definition) is 6. The maximum Gasteiger partial charge on any atom is 0.243 e. The lowest BCUT2D eigenvalue weighted by Crippen LogP contribution is -2.48. The lowest BCUT2D eigenvalue weighted by atomic mass is 10.2. The van der Waals surface area contributed by atoms with E-state index < -0.39 is 10.0 Å². The van der Waals surface area contributed by atoms with E-state index in [1.165, 1.54) is 11.2 Å². The number of ether oxygens (including phenoxy) is 1. The summed E-state index contributed by atoms with van der Waals surface area (Å²) < 4.78 is 33.4. The van der Waals surface area contributed by atoms with Crippen molar-refractivity contribution >= 4 is 39.1 Å². The van der Waals surface area contributed by atoms with Crippen LogP contribution in [0, 0.1) is 0 Å². The van der Waals surface area contributed by atoms with Crippen LogP contribution in [0.4, 0.5) is 11.4 Å². The number of piperazine rings is 1. The number of carbonyl (C=O) groups is 1. The summed E-state index contributed by atoms with van der Waals surface area (Å²) in [7, 11) is -2.00. The third-order valence-electron chi connectivity index (χ3n) is 5.70. The summed E-state index contributed by atoms with van der Waals surface area (Å²) in [6, 6.07) is 13.0. The molecule has 4 rings (SSSR count). The van der Waals surface area contributed by atoms with Gasteiger partial charge in [-0.15, -0.1) is 11.8 Å². The van der Waals surface area contributed by atoms with Gasteiger partial charge >= 0.3 is 0 Å². The van der Waals surface area contributed by atoms with Crippen LogP contribution >= 0.6 is 11.8 Å².